The molecule has 1 aromatic rings. The summed E-state index contributed by atoms with van der Waals surface area (Å²) >= 11 is 0. The Bertz CT molecular complexity index is 386. The topological polar surface area (TPSA) is 23.5 Å². The van der Waals surface area contributed by atoms with Crippen molar-refractivity contribution in [2.45, 2.75) is 63.9 Å². The van der Waals surface area contributed by atoms with Gasteiger partial charge in [-0.25, -0.2) is 0 Å². The minimum absolute atomic E-state index is 0.645. The highest BCUT2D eigenvalue weighted by atomic mass is 16.3. The van der Waals surface area contributed by atoms with Crippen LogP contribution >= 0.6 is 0 Å². The highest BCUT2D eigenvalue weighted by Gasteiger charge is 2.29. The van der Waals surface area contributed by atoms with Crippen molar-refractivity contribution < 1.29 is 5.11 Å². The summed E-state index contributed by atoms with van der Waals surface area (Å²) in [4.78, 5) is 2.53. The summed E-state index contributed by atoms with van der Waals surface area (Å²) in [6, 6.07) is 10.3. The minimum Gasteiger partial charge on any atom is -0.385 e. The molecule has 1 saturated heterocycles. The van der Waals surface area contributed by atoms with Gasteiger partial charge in [-0.05, 0) is 44.3 Å². The van der Waals surface area contributed by atoms with Crippen molar-refractivity contribution in [3.63, 3.8) is 0 Å². The molecule has 2 rings (SSSR count). The molecule has 0 unspecified atom stereocenters. The largest absolute Gasteiger partial charge is 0.385 e. The van der Waals surface area contributed by atoms with Gasteiger partial charge in [0.1, 0.15) is 0 Å². The average molecular weight is 289 g/mol. The molecule has 0 amide bonds. The Balaban J connectivity index is 1.97. The van der Waals surface area contributed by atoms with E-state index in [1.54, 1.807) is 0 Å². The van der Waals surface area contributed by atoms with E-state index in [1.807, 2.05) is 18.2 Å². The van der Waals surface area contributed by atoms with Gasteiger partial charge >= 0.3 is 0 Å². The van der Waals surface area contributed by atoms with Gasteiger partial charge in [0.25, 0.3) is 0 Å². The van der Waals surface area contributed by atoms with Crippen LogP contribution in [-0.4, -0.2) is 29.6 Å². The Kier molecular flexibility index (Phi) is 6.72. The summed E-state index contributed by atoms with van der Waals surface area (Å²) in [5.41, 5.74) is 0.451. The zero-order valence-corrected chi connectivity index (χ0v) is 13.6. The Morgan fingerprint density at radius 2 is 1.71 bits per heavy atom. The second-order valence-corrected chi connectivity index (χ2v) is 6.51. The van der Waals surface area contributed by atoms with Gasteiger partial charge in [-0.1, -0.05) is 62.9 Å². The summed E-state index contributed by atoms with van der Waals surface area (Å²) in [6.07, 6.45) is 9.28. The van der Waals surface area contributed by atoms with Crippen molar-refractivity contribution >= 4 is 0 Å². The van der Waals surface area contributed by atoms with Gasteiger partial charge < -0.3 is 10.0 Å². The van der Waals surface area contributed by atoms with E-state index in [9.17, 15) is 5.11 Å². The molecule has 1 aromatic carbocycles. The maximum absolute atomic E-state index is 11.2. The highest BCUT2D eigenvalue weighted by molar-refractivity contribution is 5.22. The van der Waals surface area contributed by atoms with E-state index in [-0.39, 0.29) is 0 Å². The van der Waals surface area contributed by atoms with Gasteiger partial charge in [-0.2, -0.15) is 0 Å². The summed E-state index contributed by atoms with van der Waals surface area (Å²) in [6.45, 7) is 5.66. The van der Waals surface area contributed by atoms with Crippen LogP contribution in [0.3, 0.4) is 0 Å². The fourth-order valence-corrected chi connectivity index (χ4v) is 3.36. The first-order valence-electron chi connectivity index (χ1n) is 8.75. The predicted molar refractivity (Wildman–Crippen MR) is 89.4 cm³/mol. The standard InChI is InChI=1S/C19H31NO/c1-2-3-8-13-19(21,18-11-6-4-7-12-18)14-17-20-15-9-5-10-16-20/h4,6-7,11-12,21H,2-3,5,8-10,13-17H2,1H3/t19-/m1/s1. The van der Waals surface area contributed by atoms with Crippen LogP contribution in [0.2, 0.25) is 0 Å². The fraction of sp³-hybridized carbons (Fsp3) is 0.684. The molecule has 1 heterocycles. The molecule has 118 valence electrons. The van der Waals surface area contributed by atoms with Crippen molar-refractivity contribution in [3.05, 3.63) is 35.9 Å². The quantitative estimate of drug-likeness (QED) is 0.720. The van der Waals surface area contributed by atoms with Gasteiger partial charge in [0.05, 0.1) is 5.60 Å². The van der Waals surface area contributed by atoms with Crippen molar-refractivity contribution in [1.82, 2.24) is 4.90 Å². The van der Waals surface area contributed by atoms with Crippen molar-refractivity contribution in [3.8, 4) is 0 Å². The monoisotopic (exact) mass is 289 g/mol. The molecule has 0 saturated carbocycles. The van der Waals surface area contributed by atoms with Crippen LogP contribution < -0.4 is 0 Å². The van der Waals surface area contributed by atoms with E-state index >= 15 is 0 Å². The maximum atomic E-state index is 11.2. The predicted octanol–water partition coefficient (Wildman–Crippen LogP) is 4.33. The molecular formula is C19H31NO. The average Bonchev–Trinajstić information content (AvgIpc) is 2.55. The summed E-state index contributed by atoms with van der Waals surface area (Å²) in [7, 11) is 0. The van der Waals surface area contributed by atoms with Gasteiger partial charge in [0, 0.05) is 6.54 Å². The van der Waals surface area contributed by atoms with Crippen LogP contribution in [0.1, 0.15) is 63.9 Å². The van der Waals surface area contributed by atoms with Crippen molar-refractivity contribution in [1.29, 1.82) is 0 Å². The number of likely N-dealkylation sites (tertiary alicyclic amines) is 1. The second-order valence-electron chi connectivity index (χ2n) is 6.51. The van der Waals surface area contributed by atoms with Gasteiger partial charge in [0.15, 0.2) is 0 Å². The zero-order valence-electron chi connectivity index (χ0n) is 13.6. The zero-order chi connectivity index (χ0) is 15.0. The lowest BCUT2D eigenvalue weighted by molar-refractivity contribution is 0.00488. The Morgan fingerprint density at radius 1 is 1.00 bits per heavy atom. The molecule has 1 N–H and O–H groups in total. The smallest absolute Gasteiger partial charge is 0.0908 e. The van der Waals surface area contributed by atoms with Gasteiger partial charge in [-0.15, -0.1) is 0 Å². The Hall–Kier alpha value is -0.860. The van der Waals surface area contributed by atoms with E-state index in [2.05, 4.69) is 24.0 Å². The summed E-state index contributed by atoms with van der Waals surface area (Å²) in [5, 5.41) is 11.2. The SMILES string of the molecule is CCCCC[C@@](O)(CCN1CCCCC1)c1ccccc1. The fourth-order valence-electron chi connectivity index (χ4n) is 3.36. The molecule has 21 heavy (non-hydrogen) atoms. The third-order valence-electron chi connectivity index (χ3n) is 4.80. The van der Waals surface area contributed by atoms with E-state index in [4.69, 9.17) is 0 Å². The molecule has 0 aromatic heterocycles. The van der Waals surface area contributed by atoms with Crippen molar-refractivity contribution in [2.24, 2.45) is 0 Å². The third kappa shape index (κ3) is 5.12. The van der Waals surface area contributed by atoms with E-state index in [0.29, 0.717) is 0 Å². The van der Waals surface area contributed by atoms with Crippen molar-refractivity contribution in [2.75, 3.05) is 19.6 Å². The Morgan fingerprint density at radius 3 is 2.38 bits per heavy atom. The molecule has 1 fully saturated rings. The molecular weight excluding hydrogens is 258 g/mol. The lowest BCUT2D eigenvalue weighted by Gasteiger charge is -2.33. The first kappa shape index (κ1) is 16.5. The van der Waals surface area contributed by atoms with E-state index in [1.165, 1.54) is 45.2 Å². The van der Waals surface area contributed by atoms with Crippen LogP contribution in [-0.2, 0) is 5.60 Å². The second kappa shape index (κ2) is 8.55. The number of piperidine rings is 1. The number of hydrogen-bond acceptors (Lipinski definition) is 2. The highest BCUT2D eigenvalue weighted by Crippen LogP contribution is 2.31. The molecule has 2 nitrogen and oxygen atoms in total. The van der Waals surface area contributed by atoms with E-state index in [0.717, 1.165) is 31.4 Å². The minimum atomic E-state index is -0.645. The molecule has 0 bridgehead atoms. The molecule has 0 aliphatic carbocycles. The number of benzene rings is 1. The molecule has 1 aliphatic rings. The lowest BCUT2D eigenvalue weighted by Crippen LogP contribution is -2.36. The van der Waals surface area contributed by atoms with Gasteiger partial charge in [-0.3, -0.25) is 0 Å². The number of rotatable bonds is 8. The maximum Gasteiger partial charge on any atom is 0.0908 e. The van der Waals surface area contributed by atoms with Crippen LogP contribution in [0.25, 0.3) is 0 Å². The number of hydrogen-bond donors (Lipinski definition) is 1. The van der Waals surface area contributed by atoms with Crippen LogP contribution in [0, 0.1) is 0 Å². The number of aliphatic hydroxyl groups is 1. The lowest BCUT2D eigenvalue weighted by atomic mass is 9.85. The molecule has 1 aliphatic heterocycles. The van der Waals surface area contributed by atoms with Gasteiger partial charge in [0.2, 0.25) is 0 Å². The van der Waals surface area contributed by atoms with Crippen LogP contribution in [0.5, 0.6) is 0 Å². The molecule has 2 heteroatoms. The molecule has 0 radical (unpaired) electrons. The number of unbranched alkanes of at least 4 members (excludes halogenated alkanes) is 2. The van der Waals surface area contributed by atoms with Crippen LogP contribution in [0.4, 0.5) is 0 Å². The van der Waals surface area contributed by atoms with E-state index < -0.39 is 5.60 Å². The van der Waals surface area contributed by atoms with Crippen LogP contribution in [0.15, 0.2) is 30.3 Å². The molecule has 1 atom stereocenters. The summed E-state index contributed by atoms with van der Waals surface area (Å²) < 4.78 is 0. The first-order valence-corrected chi connectivity index (χ1v) is 8.75. The normalized spacial score (nSPS) is 19.3. The molecule has 0 spiro atoms. The third-order valence-corrected chi connectivity index (χ3v) is 4.80. The first-order chi connectivity index (χ1) is 10.2. The Labute approximate surface area is 130 Å². The summed E-state index contributed by atoms with van der Waals surface area (Å²) in [5.74, 6) is 0. The number of nitrogens with zero attached hydrogens (tertiary/aromatic N) is 1.